The van der Waals surface area contributed by atoms with Gasteiger partial charge in [0.15, 0.2) is 0 Å². The van der Waals surface area contributed by atoms with E-state index in [9.17, 15) is 22.4 Å². The number of alkyl halides is 4. The van der Waals surface area contributed by atoms with Gasteiger partial charge in [-0.05, 0) is 0 Å². The molecule has 0 aliphatic heterocycles. The van der Waals surface area contributed by atoms with E-state index < -0.39 is 24.7 Å². The van der Waals surface area contributed by atoms with Crippen LogP contribution in [-0.2, 0) is 9.59 Å². The van der Waals surface area contributed by atoms with Crippen LogP contribution in [0.25, 0.3) is 0 Å². The Hall–Kier alpha value is -1.38. The van der Waals surface area contributed by atoms with Gasteiger partial charge in [-0.15, -0.1) is 0 Å². The molecule has 0 saturated carbocycles. The Morgan fingerprint density at radius 1 is 1.15 bits per heavy atom. The number of carbonyl (C=O) groups excluding carboxylic acids is 1. The Morgan fingerprint density at radius 2 is 1.46 bits per heavy atom. The van der Waals surface area contributed by atoms with E-state index in [1.807, 2.05) is 0 Å². The molecule has 0 saturated heterocycles. The van der Waals surface area contributed by atoms with Crippen molar-refractivity contribution >= 4 is 11.9 Å². The average molecular weight is 206 g/mol. The van der Waals surface area contributed by atoms with Crippen molar-refractivity contribution in [2.24, 2.45) is 5.84 Å². The largest absolute Gasteiger partial charge is 0.477 e. The summed E-state index contributed by atoms with van der Waals surface area (Å²) in [5.41, 5.74) is 1.28. The first kappa shape index (κ1) is 14.2. The SMILES string of the molecule is NNC(=O)C(F)F.O=C(O)C(F)F. The van der Waals surface area contributed by atoms with Gasteiger partial charge >= 0.3 is 24.7 Å². The smallest absolute Gasteiger partial charge is 0.371 e. The number of nitrogens with one attached hydrogen (secondary N) is 1. The summed E-state index contributed by atoms with van der Waals surface area (Å²) >= 11 is 0. The second kappa shape index (κ2) is 7.28. The lowest BCUT2D eigenvalue weighted by atomic mass is 10.7. The molecule has 13 heavy (non-hydrogen) atoms. The Kier molecular flexibility index (Phi) is 7.93. The fourth-order valence-electron chi connectivity index (χ4n) is 0.0630. The Morgan fingerprint density at radius 3 is 1.46 bits per heavy atom. The molecule has 0 bridgehead atoms. The Labute approximate surface area is 69.5 Å². The van der Waals surface area contributed by atoms with Gasteiger partial charge in [-0.1, -0.05) is 0 Å². The quantitative estimate of drug-likeness (QED) is 0.247. The van der Waals surface area contributed by atoms with Crippen LogP contribution in [-0.4, -0.2) is 29.8 Å². The van der Waals surface area contributed by atoms with Crippen LogP contribution < -0.4 is 11.3 Å². The number of amides is 1. The lowest BCUT2D eigenvalue weighted by Gasteiger charge is -1.91. The molecule has 78 valence electrons. The highest BCUT2D eigenvalue weighted by atomic mass is 19.3. The van der Waals surface area contributed by atoms with Crippen LogP contribution in [0.15, 0.2) is 0 Å². The molecular formula is C4H6F4N2O3. The maximum absolute atomic E-state index is 10.9. The minimum absolute atomic E-state index is 1.28. The number of hydrogen-bond donors (Lipinski definition) is 3. The van der Waals surface area contributed by atoms with Gasteiger partial charge < -0.3 is 5.11 Å². The summed E-state index contributed by atoms with van der Waals surface area (Å²) in [6.07, 6.45) is -6.24. The topological polar surface area (TPSA) is 92.4 Å². The number of aliphatic carboxylic acids is 1. The van der Waals surface area contributed by atoms with E-state index in [4.69, 9.17) is 9.90 Å². The number of rotatable bonds is 2. The predicted octanol–water partition coefficient (Wildman–Crippen LogP) is -0.423. The number of hydrazine groups is 1. The first-order valence-electron chi connectivity index (χ1n) is 2.62. The minimum Gasteiger partial charge on any atom is -0.477 e. The lowest BCUT2D eigenvalue weighted by Crippen LogP contribution is -2.34. The third kappa shape index (κ3) is 10.6. The molecule has 0 aromatic rings. The van der Waals surface area contributed by atoms with Crippen LogP contribution in [0.1, 0.15) is 0 Å². The zero-order valence-electron chi connectivity index (χ0n) is 6.01. The van der Waals surface area contributed by atoms with Crippen LogP contribution in [0.3, 0.4) is 0 Å². The molecule has 0 fully saturated rings. The second-order valence-electron chi connectivity index (χ2n) is 1.45. The Balaban J connectivity index is 0. The van der Waals surface area contributed by atoms with Crippen LogP contribution in [0.5, 0.6) is 0 Å². The molecule has 0 rings (SSSR count). The fraction of sp³-hybridized carbons (Fsp3) is 0.500. The van der Waals surface area contributed by atoms with E-state index in [1.54, 1.807) is 0 Å². The number of nitrogens with two attached hydrogens (primary N) is 1. The van der Waals surface area contributed by atoms with Gasteiger partial charge in [0.1, 0.15) is 0 Å². The summed E-state index contributed by atoms with van der Waals surface area (Å²) in [5.74, 6) is 0.761. The van der Waals surface area contributed by atoms with E-state index in [-0.39, 0.29) is 0 Å². The first-order valence-corrected chi connectivity index (χ1v) is 2.62. The summed E-state index contributed by atoms with van der Waals surface area (Å²) < 4.78 is 43.0. The molecule has 0 spiro atoms. The van der Waals surface area contributed by atoms with Gasteiger partial charge in [-0.25, -0.2) is 10.6 Å². The van der Waals surface area contributed by atoms with Crippen LogP contribution in [0.4, 0.5) is 17.6 Å². The van der Waals surface area contributed by atoms with Crippen molar-refractivity contribution in [2.45, 2.75) is 12.9 Å². The van der Waals surface area contributed by atoms with E-state index in [0.29, 0.717) is 0 Å². The molecule has 0 aliphatic rings. The molecule has 4 N–H and O–H groups in total. The van der Waals surface area contributed by atoms with Gasteiger partial charge in [0.2, 0.25) is 0 Å². The van der Waals surface area contributed by atoms with Crippen molar-refractivity contribution in [3.63, 3.8) is 0 Å². The highest BCUT2D eigenvalue weighted by Crippen LogP contribution is 1.88. The van der Waals surface area contributed by atoms with Gasteiger partial charge in [0, 0.05) is 0 Å². The summed E-state index contributed by atoms with van der Waals surface area (Å²) in [7, 11) is 0. The zero-order chi connectivity index (χ0) is 11.0. The molecule has 1 amide bonds. The number of carboxylic acid groups (broad SMARTS) is 1. The molecular weight excluding hydrogens is 200 g/mol. The highest BCUT2D eigenvalue weighted by Gasteiger charge is 2.11. The van der Waals surface area contributed by atoms with Crippen LogP contribution >= 0.6 is 0 Å². The fourth-order valence-corrected chi connectivity index (χ4v) is 0.0630. The monoisotopic (exact) mass is 206 g/mol. The highest BCUT2D eigenvalue weighted by molar-refractivity contribution is 5.78. The number of carbonyl (C=O) groups is 2. The van der Waals surface area contributed by atoms with Crippen molar-refractivity contribution in [3.8, 4) is 0 Å². The Bertz CT molecular complexity index is 175. The van der Waals surface area contributed by atoms with Gasteiger partial charge in [0.05, 0.1) is 0 Å². The molecule has 0 aromatic carbocycles. The second-order valence-corrected chi connectivity index (χ2v) is 1.45. The molecule has 0 radical (unpaired) electrons. The predicted molar refractivity (Wildman–Crippen MR) is 32.0 cm³/mol. The summed E-state index contributed by atoms with van der Waals surface area (Å²) in [6.45, 7) is 0. The molecule has 5 nitrogen and oxygen atoms in total. The van der Waals surface area contributed by atoms with Crippen molar-refractivity contribution in [3.05, 3.63) is 0 Å². The van der Waals surface area contributed by atoms with Crippen molar-refractivity contribution < 1.29 is 32.3 Å². The molecule has 0 aliphatic carbocycles. The van der Waals surface area contributed by atoms with E-state index in [0.717, 1.165) is 0 Å². The van der Waals surface area contributed by atoms with Crippen molar-refractivity contribution in [1.82, 2.24) is 5.43 Å². The number of hydrogen-bond acceptors (Lipinski definition) is 3. The van der Waals surface area contributed by atoms with E-state index in [1.165, 1.54) is 5.43 Å². The van der Waals surface area contributed by atoms with Gasteiger partial charge in [-0.3, -0.25) is 10.2 Å². The average Bonchev–Trinajstić information content (AvgIpc) is 2.03. The minimum atomic E-state index is -3.23. The molecule has 0 unspecified atom stereocenters. The van der Waals surface area contributed by atoms with Crippen LogP contribution in [0, 0.1) is 0 Å². The van der Waals surface area contributed by atoms with Gasteiger partial charge in [-0.2, -0.15) is 17.6 Å². The molecule has 0 atom stereocenters. The van der Waals surface area contributed by atoms with Crippen molar-refractivity contribution in [1.29, 1.82) is 0 Å². The summed E-state index contributed by atoms with van der Waals surface area (Å²) in [5, 5.41) is 7.24. The van der Waals surface area contributed by atoms with Gasteiger partial charge in [0.25, 0.3) is 0 Å². The third-order valence-electron chi connectivity index (χ3n) is 0.527. The lowest BCUT2D eigenvalue weighted by molar-refractivity contribution is -0.149. The molecule has 0 heterocycles. The van der Waals surface area contributed by atoms with E-state index in [2.05, 4.69) is 5.84 Å². The number of halogens is 4. The van der Waals surface area contributed by atoms with Crippen molar-refractivity contribution in [2.75, 3.05) is 0 Å². The molecule has 0 aromatic heterocycles. The van der Waals surface area contributed by atoms with Crippen LogP contribution in [0.2, 0.25) is 0 Å². The maximum Gasteiger partial charge on any atom is 0.371 e. The maximum atomic E-state index is 10.9. The summed E-state index contributed by atoms with van der Waals surface area (Å²) in [4.78, 5) is 18.5. The molecule has 9 heteroatoms. The first-order chi connectivity index (χ1) is 5.82. The standard InChI is InChI=1S/C2H4F2N2O.C2H2F2O2/c3-1(4)2(7)6-5;3-1(4)2(5)6/h1H,5H2,(H,6,7);1H,(H,5,6). The normalized spacial score (nSPS) is 9.15. The number of carboxylic acids is 1. The van der Waals surface area contributed by atoms with E-state index >= 15 is 0 Å². The zero-order valence-corrected chi connectivity index (χ0v) is 6.01. The third-order valence-corrected chi connectivity index (χ3v) is 0.527. The summed E-state index contributed by atoms with van der Waals surface area (Å²) in [6, 6.07) is 0.